The average molecular weight is 417 g/mol. The number of fused-ring (bicyclic) bond motifs is 1. The lowest BCUT2D eigenvalue weighted by molar-refractivity contribution is 0.0746. The van der Waals surface area contributed by atoms with E-state index in [1.807, 2.05) is 17.0 Å². The first-order chi connectivity index (χ1) is 13.4. The van der Waals surface area contributed by atoms with Gasteiger partial charge < -0.3 is 9.80 Å². The average Bonchev–Trinajstić information content (AvgIpc) is 3.11. The number of hydrogen-bond donors (Lipinski definition) is 0. The number of benzene rings is 1. The van der Waals surface area contributed by atoms with E-state index in [0.29, 0.717) is 37.3 Å². The van der Waals surface area contributed by atoms with Gasteiger partial charge in [0.2, 0.25) is 0 Å². The number of piperazine rings is 1. The van der Waals surface area contributed by atoms with Gasteiger partial charge in [-0.15, -0.1) is 0 Å². The van der Waals surface area contributed by atoms with Crippen molar-refractivity contribution in [3.63, 3.8) is 0 Å². The van der Waals surface area contributed by atoms with E-state index in [2.05, 4.69) is 14.9 Å². The molecule has 0 aliphatic carbocycles. The molecule has 4 rings (SSSR count). The first-order valence-electron chi connectivity index (χ1n) is 8.91. The number of aromatic nitrogens is 2. The molecule has 0 atom stereocenters. The van der Waals surface area contributed by atoms with Gasteiger partial charge in [0.25, 0.3) is 5.91 Å². The van der Waals surface area contributed by atoms with Crippen LogP contribution in [0.2, 0.25) is 0 Å². The molecule has 1 aromatic carbocycles. The Morgan fingerprint density at radius 2 is 1.93 bits per heavy atom. The lowest BCUT2D eigenvalue weighted by Gasteiger charge is -2.34. The second-order valence-electron chi connectivity index (χ2n) is 6.87. The summed E-state index contributed by atoms with van der Waals surface area (Å²) in [5.41, 5.74) is 2.05. The summed E-state index contributed by atoms with van der Waals surface area (Å²) in [7, 11) is -3.14. The summed E-state index contributed by atoms with van der Waals surface area (Å²) in [6.45, 7) is 2.60. The van der Waals surface area contributed by atoms with Gasteiger partial charge in [-0.2, -0.15) is 0 Å². The maximum Gasteiger partial charge on any atom is 0.253 e. The number of nitrogens with zero attached hydrogens (tertiary/aromatic N) is 4. The molecule has 9 heteroatoms. The zero-order chi connectivity index (χ0) is 19.7. The van der Waals surface area contributed by atoms with E-state index in [1.165, 1.54) is 6.26 Å². The Hall–Kier alpha value is -2.52. The van der Waals surface area contributed by atoms with Crippen molar-refractivity contribution in [3.05, 3.63) is 53.7 Å². The number of hydrogen-bond acceptors (Lipinski definition) is 7. The Morgan fingerprint density at radius 3 is 2.64 bits per heavy atom. The smallest absolute Gasteiger partial charge is 0.253 e. The Labute approximate surface area is 167 Å². The van der Waals surface area contributed by atoms with Gasteiger partial charge in [-0.05, 0) is 29.8 Å². The third-order valence-corrected chi connectivity index (χ3v) is 6.49. The minimum Gasteiger partial charge on any atom is -0.344 e. The molecule has 0 spiro atoms. The van der Waals surface area contributed by atoms with E-state index >= 15 is 0 Å². The van der Waals surface area contributed by atoms with Crippen LogP contribution in [0.5, 0.6) is 0 Å². The van der Waals surface area contributed by atoms with Gasteiger partial charge in [0, 0.05) is 44.2 Å². The quantitative estimate of drug-likeness (QED) is 0.648. The molecule has 1 saturated heterocycles. The van der Waals surface area contributed by atoms with Crippen LogP contribution in [0.1, 0.15) is 15.9 Å². The van der Waals surface area contributed by atoms with E-state index < -0.39 is 9.84 Å². The molecule has 0 N–H and O–H groups in total. The topological polar surface area (TPSA) is 83.5 Å². The number of thiazole rings is 1. The Balaban J connectivity index is 1.43. The molecule has 0 radical (unpaired) electrons. The maximum atomic E-state index is 12.8. The molecule has 0 saturated carbocycles. The summed E-state index contributed by atoms with van der Waals surface area (Å²) in [6, 6.07) is 10.7. The number of anilines is 1. The highest BCUT2D eigenvalue weighted by molar-refractivity contribution is 7.89. The van der Waals surface area contributed by atoms with E-state index in [4.69, 9.17) is 0 Å². The Kier molecular flexibility index (Phi) is 5.03. The maximum absolute atomic E-state index is 12.8. The van der Waals surface area contributed by atoms with Gasteiger partial charge in [0.05, 0.1) is 5.75 Å². The predicted molar refractivity (Wildman–Crippen MR) is 111 cm³/mol. The SMILES string of the molecule is CS(=O)(=O)Cc1cccc(C(=O)N2CCN(c3nc4cccnc4s3)CC2)c1. The predicted octanol–water partition coefficient (Wildman–Crippen LogP) is 2.20. The highest BCUT2D eigenvalue weighted by Crippen LogP contribution is 2.27. The van der Waals surface area contributed by atoms with Crippen molar-refractivity contribution < 1.29 is 13.2 Å². The van der Waals surface area contributed by atoms with Gasteiger partial charge in [0.1, 0.15) is 10.3 Å². The van der Waals surface area contributed by atoms with Crippen LogP contribution in [0.25, 0.3) is 10.3 Å². The molecule has 1 aliphatic heterocycles. The molecule has 0 bridgehead atoms. The van der Waals surface area contributed by atoms with Gasteiger partial charge in [-0.25, -0.2) is 18.4 Å². The molecule has 1 aliphatic rings. The molecule has 3 heterocycles. The zero-order valence-electron chi connectivity index (χ0n) is 15.4. The Bertz CT molecular complexity index is 1090. The van der Waals surface area contributed by atoms with Crippen LogP contribution < -0.4 is 4.90 Å². The molecule has 2 aromatic heterocycles. The summed E-state index contributed by atoms with van der Waals surface area (Å²) in [6.07, 6.45) is 2.96. The van der Waals surface area contributed by atoms with Crippen LogP contribution in [0.4, 0.5) is 5.13 Å². The first-order valence-corrected chi connectivity index (χ1v) is 11.8. The molecule has 0 unspecified atom stereocenters. The largest absolute Gasteiger partial charge is 0.344 e. The fraction of sp³-hybridized carbons (Fsp3) is 0.316. The molecule has 1 fully saturated rings. The van der Waals surface area contributed by atoms with Crippen LogP contribution in [-0.2, 0) is 15.6 Å². The van der Waals surface area contributed by atoms with Crippen molar-refractivity contribution in [1.29, 1.82) is 0 Å². The normalized spacial score (nSPS) is 15.2. The van der Waals surface area contributed by atoms with Crippen LogP contribution in [0.15, 0.2) is 42.6 Å². The summed E-state index contributed by atoms with van der Waals surface area (Å²) in [5.74, 6) is -0.131. The van der Waals surface area contributed by atoms with Crippen LogP contribution in [-0.4, -0.2) is 61.6 Å². The summed E-state index contributed by atoms with van der Waals surface area (Å²) in [4.78, 5) is 26.7. The van der Waals surface area contributed by atoms with Crippen LogP contribution in [0, 0.1) is 0 Å². The molecule has 7 nitrogen and oxygen atoms in total. The van der Waals surface area contributed by atoms with Gasteiger partial charge >= 0.3 is 0 Å². The number of carbonyl (C=O) groups is 1. The van der Waals surface area contributed by atoms with Crippen LogP contribution >= 0.6 is 11.3 Å². The van der Waals surface area contributed by atoms with E-state index in [0.717, 1.165) is 15.5 Å². The number of amides is 1. The first kappa shape index (κ1) is 18.8. The van der Waals surface area contributed by atoms with E-state index in [-0.39, 0.29) is 11.7 Å². The summed E-state index contributed by atoms with van der Waals surface area (Å²) in [5, 5.41) is 0.927. The van der Waals surface area contributed by atoms with Gasteiger partial charge in [-0.3, -0.25) is 4.79 Å². The number of rotatable bonds is 4. The third-order valence-electron chi connectivity index (χ3n) is 4.60. The van der Waals surface area contributed by atoms with Crippen molar-refractivity contribution in [2.45, 2.75) is 5.75 Å². The van der Waals surface area contributed by atoms with E-state index in [9.17, 15) is 13.2 Å². The van der Waals surface area contributed by atoms with Crippen LogP contribution in [0.3, 0.4) is 0 Å². The lowest BCUT2D eigenvalue weighted by atomic mass is 10.1. The van der Waals surface area contributed by atoms with Crippen molar-refractivity contribution in [2.24, 2.45) is 0 Å². The molecule has 1 amide bonds. The van der Waals surface area contributed by atoms with Gasteiger partial charge in [0.15, 0.2) is 15.0 Å². The molecule has 28 heavy (non-hydrogen) atoms. The second kappa shape index (κ2) is 7.48. The third kappa shape index (κ3) is 4.15. The molecular formula is C19H20N4O3S2. The monoisotopic (exact) mass is 416 g/mol. The van der Waals surface area contributed by atoms with Gasteiger partial charge in [-0.1, -0.05) is 23.5 Å². The lowest BCUT2D eigenvalue weighted by Crippen LogP contribution is -2.48. The van der Waals surface area contributed by atoms with Crippen molar-refractivity contribution in [1.82, 2.24) is 14.9 Å². The van der Waals surface area contributed by atoms with Crippen molar-refractivity contribution >= 4 is 42.6 Å². The second-order valence-corrected chi connectivity index (χ2v) is 9.97. The minimum absolute atomic E-state index is 0.0620. The standard InChI is InChI=1S/C19H20N4O3S2/c1-28(25,26)13-14-4-2-5-15(12-14)18(24)22-8-10-23(11-9-22)19-21-16-6-3-7-20-17(16)27-19/h2-7,12H,8-11,13H2,1H3. The highest BCUT2D eigenvalue weighted by atomic mass is 32.2. The number of pyridine rings is 1. The van der Waals surface area contributed by atoms with E-state index in [1.54, 1.807) is 41.8 Å². The molecule has 146 valence electrons. The summed E-state index contributed by atoms with van der Waals surface area (Å²) >= 11 is 1.56. The zero-order valence-corrected chi connectivity index (χ0v) is 17.0. The number of carbonyl (C=O) groups excluding carboxylic acids is 1. The fourth-order valence-corrected chi connectivity index (χ4v) is 5.02. The van der Waals surface area contributed by atoms with Crippen molar-refractivity contribution in [3.8, 4) is 0 Å². The van der Waals surface area contributed by atoms with Crippen molar-refractivity contribution in [2.75, 3.05) is 37.3 Å². The Morgan fingerprint density at radius 1 is 1.14 bits per heavy atom. The summed E-state index contributed by atoms with van der Waals surface area (Å²) < 4.78 is 23.0. The fourth-order valence-electron chi connectivity index (χ4n) is 3.27. The number of sulfone groups is 1. The molecular weight excluding hydrogens is 396 g/mol. The molecule has 3 aromatic rings. The minimum atomic E-state index is -3.14. The highest BCUT2D eigenvalue weighted by Gasteiger charge is 2.24.